The maximum absolute atomic E-state index is 13.2. The van der Waals surface area contributed by atoms with E-state index in [1.165, 1.54) is 0 Å². The zero-order valence-electron chi connectivity index (χ0n) is 13.5. The van der Waals surface area contributed by atoms with Gasteiger partial charge in [0.1, 0.15) is 5.78 Å². The molecule has 0 spiro atoms. The van der Waals surface area contributed by atoms with Gasteiger partial charge in [-0.1, -0.05) is 47.5 Å². The fraction of sp³-hybridized carbons (Fsp3) is 0.250. The summed E-state index contributed by atoms with van der Waals surface area (Å²) in [5.41, 5.74) is 2.27. The van der Waals surface area contributed by atoms with Crippen LogP contribution in [0.1, 0.15) is 29.4 Å². The zero-order valence-corrected chi connectivity index (χ0v) is 15.0. The number of Topliss-reactive ketones (excluding diaryl/α,β-unsaturated/α-hetero) is 1. The number of nitrogens with zero attached hydrogens (tertiary/aromatic N) is 1. The van der Waals surface area contributed by atoms with Crippen LogP contribution in [0.3, 0.4) is 0 Å². The second-order valence-corrected chi connectivity index (χ2v) is 7.95. The number of amides is 2. The quantitative estimate of drug-likeness (QED) is 0.698. The first-order valence-electron chi connectivity index (χ1n) is 8.43. The van der Waals surface area contributed by atoms with Crippen molar-refractivity contribution in [2.24, 2.45) is 11.8 Å². The molecule has 4 aliphatic rings. The largest absolute Gasteiger partial charge is 0.299 e. The summed E-state index contributed by atoms with van der Waals surface area (Å²) >= 11 is 12.1. The molecule has 1 saturated carbocycles. The van der Waals surface area contributed by atoms with Crippen LogP contribution < -0.4 is 4.90 Å². The summed E-state index contributed by atoms with van der Waals surface area (Å²) < 4.78 is 0. The molecular weight excluding hydrogens is 373 g/mol. The van der Waals surface area contributed by atoms with Crippen molar-refractivity contribution in [3.63, 3.8) is 0 Å². The molecule has 2 bridgehead atoms. The van der Waals surface area contributed by atoms with Crippen LogP contribution in [-0.4, -0.2) is 17.6 Å². The molecule has 4 atom stereocenters. The molecule has 1 aliphatic heterocycles. The van der Waals surface area contributed by atoms with Crippen LogP contribution in [0.5, 0.6) is 0 Å². The van der Waals surface area contributed by atoms with Gasteiger partial charge in [0.2, 0.25) is 11.8 Å². The highest BCUT2D eigenvalue weighted by molar-refractivity contribution is 6.36. The summed E-state index contributed by atoms with van der Waals surface area (Å²) in [7, 11) is 0. The second kappa shape index (κ2) is 5.41. The lowest BCUT2D eigenvalue weighted by atomic mass is 9.56. The van der Waals surface area contributed by atoms with Gasteiger partial charge in [-0.05, 0) is 29.3 Å². The number of hydrogen-bond donors (Lipinski definition) is 0. The number of fused-ring (bicyclic) bond motifs is 1. The first kappa shape index (κ1) is 16.0. The van der Waals surface area contributed by atoms with Crippen molar-refractivity contribution in [1.82, 2.24) is 0 Å². The Kier molecular flexibility index (Phi) is 3.34. The van der Waals surface area contributed by atoms with Gasteiger partial charge in [0.05, 0.1) is 23.4 Å². The molecule has 2 aromatic rings. The predicted molar refractivity (Wildman–Crippen MR) is 97.5 cm³/mol. The third-order valence-electron chi connectivity index (χ3n) is 5.79. The van der Waals surface area contributed by atoms with Crippen molar-refractivity contribution in [1.29, 1.82) is 0 Å². The topological polar surface area (TPSA) is 54.5 Å². The third kappa shape index (κ3) is 2.00. The number of imide groups is 1. The number of carbonyl (C=O) groups is 3. The Hall–Kier alpha value is -2.17. The van der Waals surface area contributed by atoms with Crippen molar-refractivity contribution >= 4 is 46.5 Å². The van der Waals surface area contributed by atoms with E-state index in [1.807, 2.05) is 24.3 Å². The van der Waals surface area contributed by atoms with Gasteiger partial charge in [0, 0.05) is 22.4 Å². The van der Waals surface area contributed by atoms with Gasteiger partial charge in [0.25, 0.3) is 0 Å². The summed E-state index contributed by atoms with van der Waals surface area (Å²) in [4.78, 5) is 40.2. The first-order valence-corrected chi connectivity index (χ1v) is 9.18. The molecule has 2 amide bonds. The Bertz CT molecular complexity index is 982. The van der Waals surface area contributed by atoms with Crippen molar-refractivity contribution in [2.75, 3.05) is 4.90 Å². The van der Waals surface area contributed by atoms with E-state index < -0.39 is 17.8 Å². The maximum Gasteiger partial charge on any atom is 0.238 e. The molecule has 130 valence electrons. The number of benzene rings is 2. The lowest BCUT2D eigenvalue weighted by Crippen LogP contribution is -2.44. The summed E-state index contributed by atoms with van der Waals surface area (Å²) in [6.07, 6.45) is 0.312. The van der Waals surface area contributed by atoms with Crippen LogP contribution in [0.2, 0.25) is 10.0 Å². The number of halogens is 2. The Morgan fingerprint density at radius 2 is 1.46 bits per heavy atom. The minimum Gasteiger partial charge on any atom is -0.299 e. The minimum atomic E-state index is -0.638. The number of anilines is 1. The van der Waals surface area contributed by atoms with Crippen LogP contribution in [-0.2, 0) is 14.4 Å². The number of ketones is 1. The van der Waals surface area contributed by atoms with Gasteiger partial charge < -0.3 is 0 Å². The molecule has 1 heterocycles. The molecule has 0 radical (unpaired) electrons. The van der Waals surface area contributed by atoms with Gasteiger partial charge >= 0.3 is 0 Å². The standard InChI is InChI=1S/C20H13Cl2NO3/c21-9-5-10(22)7-11(6-9)23-19(25)17-14-8-15(24)16(18(17)20(23)26)13-4-2-1-3-12(13)14/h1-7,14,16-18H,8H2/t14-,16-,17-,18-/m1/s1. The molecule has 2 fully saturated rings. The Morgan fingerprint density at radius 1 is 0.846 bits per heavy atom. The summed E-state index contributed by atoms with van der Waals surface area (Å²) in [6, 6.07) is 12.3. The Morgan fingerprint density at radius 3 is 2.15 bits per heavy atom. The molecular formula is C20H13Cl2NO3. The lowest BCUT2D eigenvalue weighted by Gasteiger charge is -2.43. The number of hydrogen-bond acceptors (Lipinski definition) is 3. The molecule has 2 aromatic carbocycles. The molecule has 6 rings (SSSR count). The van der Waals surface area contributed by atoms with Gasteiger partial charge in [-0.2, -0.15) is 0 Å². The van der Waals surface area contributed by atoms with Crippen molar-refractivity contribution in [2.45, 2.75) is 18.3 Å². The maximum atomic E-state index is 13.2. The van der Waals surface area contributed by atoms with E-state index in [4.69, 9.17) is 23.2 Å². The Labute approximate surface area is 159 Å². The van der Waals surface area contributed by atoms with Gasteiger partial charge in [-0.25, -0.2) is 4.90 Å². The van der Waals surface area contributed by atoms with Crippen molar-refractivity contribution in [3.8, 4) is 0 Å². The highest BCUT2D eigenvalue weighted by atomic mass is 35.5. The summed E-state index contributed by atoms with van der Waals surface area (Å²) in [5.74, 6) is -2.49. The number of carbonyl (C=O) groups excluding carboxylic acids is 3. The van der Waals surface area contributed by atoms with E-state index in [2.05, 4.69) is 0 Å². The zero-order chi connectivity index (χ0) is 18.2. The molecule has 0 N–H and O–H groups in total. The van der Waals surface area contributed by atoms with Crippen LogP contribution >= 0.6 is 23.2 Å². The predicted octanol–water partition coefficient (Wildman–Crippen LogP) is 3.95. The lowest BCUT2D eigenvalue weighted by molar-refractivity contribution is -0.134. The van der Waals surface area contributed by atoms with Crippen molar-refractivity contribution < 1.29 is 14.4 Å². The smallest absolute Gasteiger partial charge is 0.238 e. The van der Waals surface area contributed by atoms with Gasteiger partial charge in [-0.3, -0.25) is 14.4 Å². The van der Waals surface area contributed by atoms with E-state index in [9.17, 15) is 14.4 Å². The van der Waals surface area contributed by atoms with E-state index in [0.29, 0.717) is 22.2 Å². The molecule has 6 heteroatoms. The fourth-order valence-corrected chi connectivity index (χ4v) is 5.40. The van der Waals surface area contributed by atoms with Crippen LogP contribution in [0, 0.1) is 11.8 Å². The fourth-order valence-electron chi connectivity index (χ4n) is 4.88. The van der Waals surface area contributed by atoms with E-state index in [0.717, 1.165) is 16.0 Å². The van der Waals surface area contributed by atoms with Crippen LogP contribution in [0.15, 0.2) is 42.5 Å². The molecule has 0 aromatic heterocycles. The Balaban J connectivity index is 1.66. The van der Waals surface area contributed by atoms with Crippen molar-refractivity contribution in [3.05, 3.63) is 63.6 Å². The molecule has 4 nitrogen and oxygen atoms in total. The second-order valence-electron chi connectivity index (χ2n) is 7.07. The average molecular weight is 386 g/mol. The van der Waals surface area contributed by atoms with Gasteiger partial charge in [0.15, 0.2) is 0 Å². The SMILES string of the molecule is O=C1C[C@@H]2c3ccccc3[C@H]1[C@H]1C(=O)N(c3cc(Cl)cc(Cl)c3)C(=O)[C@@H]12. The monoisotopic (exact) mass is 385 g/mol. The first-order chi connectivity index (χ1) is 12.5. The minimum absolute atomic E-state index is 0.0436. The number of rotatable bonds is 1. The highest BCUT2D eigenvalue weighted by Gasteiger charge is 2.62. The highest BCUT2D eigenvalue weighted by Crippen LogP contribution is 2.57. The van der Waals surface area contributed by atoms with Crippen LogP contribution in [0.4, 0.5) is 5.69 Å². The average Bonchev–Trinajstić information content (AvgIpc) is 2.86. The summed E-state index contributed by atoms with van der Waals surface area (Å²) in [5, 5.41) is 0.704. The van der Waals surface area contributed by atoms with Crippen LogP contribution in [0.25, 0.3) is 0 Å². The van der Waals surface area contributed by atoms with E-state index in [1.54, 1.807) is 18.2 Å². The van der Waals surface area contributed by atoms with E-state index in [-0.39, 0.29) is 23.5 Å². The molecule has 26 heavy (non-hydrogen) atoms. The molecule has 3 aliphatic carbocycles. The normalized spacial score (nSPS) is 29.2. The third-order valence-corrected chi connectivity index (χ3v) is 6.23. The van der Waals surface area contributed by atoms with Gasteiger partial charge in [-0.15, -0.1) is 0 Å². The van der Waals surface area contributed by atoms with E-state index >= 15 is 0 Å². The summed E-state index contributed by atoms with van der Waals surface area (Å²) in [6.45, 7) is 0. The molecule has 0 unspecified atom stereocenters. The molecule has 1 saturated heterocycles.